The summed E-state index contributed by atoms with van der Waals surface area (Å²) in [5, 5.41) is 3.89. The molecule has 6 heteroatoms. The van der Waals surface area contributed by atoms with E-state index in [0.29, 0.717) is 18.1 Å². The molecule has 0 bridgehead atoms. The molecule has 3 aliphatic heterocycles. The molecular formula is C22H41IN4O. The van der Waals surface area contributed by atoms with E-state index >= 15 is 0 Å². The van der Waals surface area contributed by atoms with Crippen LogP contribution in [0.1, 0.15) is 59.3 Å². The van der Waals surface area contributed by atoms with Crippen LogP contribution < -0.4 is 5.32 Å². The lowest BCUT2D eigenvalue weighted by Crippen LogP contribution is -2.71. The number of fused-ring (bicyclic) bond motifs is 1. The Hall–Kier alpha value is -0.0800. The summed E-state index contributed by atoms with van der Waals surface area (Å²) < 4.78 is 6.09. The summed E-state index contributed by atoms with van der Waals surface area (Å²) >= 11 is 0. The average molecular weight is 505 g/mol. The van der Waals surface area contributed by atoms with Gasteiger partial charge in [-0.05, 0) is 58.0 Å². The molecular weight excluding hydrogens is 463 g/mol. The molecule has 4 atom stereocenters. The van der Waals surface area contributed by atoms with E-state index in [2.05, 4.69) is 35.9 Å². The van der Waals surface area contributed by atoms with Crippen LogP contribution >= 0.6 is 24.0 Å². The van der Waals surface area contributed by atoms with Gasteiger partial charge in [-0.1, -0.05) is 20.3 Å². The maximum absolute atomic E-state index is 6.09. The molecule has 0 amide bonds. The summed E-state index contributed by atoms with van der Waals surface area (Å²) in [4.78, 5) is 10.1. The van der Waals surface area contributed by atoms with E-state index in [0.717, 1.165) is 31.6 Å². The van der Waals surface area contributed by atoms with E-state index in [9.17, 15) is 0 Å². The second-order valence-corrected chi connectivity index (χ2v) is 9.80. The third kappa shape index (κ3) is 4.64. The number of likely N-dealkylation sites (tertiary alicyclic amines) is 2. The second kappa shape index (κ2) is 9.82. The number of nitrogens with one attached hydrogen (secondary N) is 1. The van der Waals surface area contributed by atoms with Crippen molar-refractivity contribution in [1.29, 1.82) is 0 Å². The number of halogens is 1. The Morgan fingerprint density at radius 1 is 1.11 bits per heavy atom. The summed E-state index contributed by atoms with van der Waals surface area (Å²) in [6, 6.07) is 0.495. The molecule has 1 aliphatic carbocycles. The lowest BCUT2D eigenvalue weighted by Gasteiger charge is -2.60. The number of rotatable bonds is 4. The molecule has 4 fully saturated rings. The maximum Gasteiger partial charge on any atom is 0.194 e. The first-order valence-electron chi connectivity index (χ1n) is 11.5. The first-order chi connectivity index (χ1) is 13.1. The molecule has 3 saturated heterocycles. The van der Waals surface area contributed by atoms with Gasteiger partial charge < -0.3 is 19.9 Å². The number of aliphatic imine (C=N–C) groups is 1. The van der Waals surface area contributed by atoms with E-state index in [1.807, 2.05) is 0 Å². The van der Waals surface area contributed by atoms with Crippen LogP contribution in [0.5, 0.6) is 0 Å². The summed E-state index contributed by atoms with van der Waals surface area (Å²) in [6.07, 6.45) is 8.44. The lowest BCUT2D eigenvalue weighted by molar-refractivity contribution is -0.188. The maximum atomic E-state index is 6.09. The topological polar surface area (TPSA) is 40.1 Å². The SMILES string of the molecule is CCN=C(NC1C2CCCOC2C1(C)C)N1CCC(CN2CCCCC2)C1.I. The van der Waals surface area contributed by atoms with Crippen LogP contribution in [0.3, 0.4) is 0 Å². The number of hydrogen-bond donors (Lipinski definition) is 1. The fourth-order valence-corrected chi connectivity index (χ4v) is 6.02. The highest BCUT2D eigenvalue weighted by atomic mass is 127. The smallest absolute Gasteiger partial charge is 0.194 e. The molecule has 0 radical (unpaired) electrons. The molecule has 0 spiro atoms. The Labute approximate surface area is 189 Å². The van der Waals surface area contributed by atoms with E-state index in [4.69, 9.17) is 9.73 Å². The summed E-state index contributed by atoms with van der Waals surface area (Å²) in [6.45, 7) is 14.9. The Morgan fingerprint density at radius 2 is 1.89 bits per heavy atom. The van der Waals surface area contributed by atoms with Gasteiger partial charge in [0, 0.05) is 50.2 Å². The molecule has 4 unspecified atom stereocenters. The van der Waals surface area contributed by atoms with E-state index in [1.54, 1.807) is 0 Å². The van der Waals surface area contributed by atoms with Gasteiger partial charge in [0.15, 0.2) is 5.96 Å². The van der Waals surface area contributed by atoms with Crippen molar-refractivity contribution in [2.24, 2.45) is 22.2 Å². The summed E-state index contributed by atoms with van der Waals surface area (Å²) in [5.74, 6) is 2.61. The van der Waals surface area contributed by atoms with Gasteiger partial charge in [-0.25, -0.2) is 0 Å². The van der Waals surface area contributed by atoms with Gasteiger partial charge in [-0.15, -0.1) is 24.0 Å². The fraction of sp³-hybridized carbons (Fsp3) is 0.955. The van der Waals surface area contributed by atoms with Crippen molar-refractivity contribution < 1.29 is 4.74 Å². The number of guanidine groups is 1. The molecule has 4 rings (SSSR count). The monoisotopic (exact) mass is 504 g/mol. The number of hydrogen-bond acceptors (Lipinski definition) is 3. The highest BCUT2D eigenvalue weighted by molar-refractivity contribution is 14.0. The Balaban J connectivity index is 0.00000225. The molecule has 162 valence electrons. The van der Waals surface area contributed by atoms with Gasteiger partial charge in [0.1, 0.15) is 0 Å². The molecule has 1 N–H and O–H groups in total. The van der Waals surface area contributed by atoms with Gasteiger partial charge in [0.2, 0.25) is 0 Å². The van der Waals surface area contributed by atoms with Crippen molar-refractivity contribution in [3.63, 3.8) is 0 Å². The predicted octanol–water partition coefficient (Wildman–Crippen LogP) is 3.58. The van der Waals surface area contributed by atoms with Crippen molar-refractivity contribution in [1.82, 2.24) is 15.1 Å². The Kier molecular flexibility index (Phi) is 7.93. The van der Waals surface area contributed by atoms with Crippen molar-refractivity contribution in [3.05, 3.63) is 0 Å². The molecule has 4 aliphatic rings. The minimum atomic E-state index is 0. The minimum absolute atomic E-state index is 0. The van der Waals surface area contributed by atoms with Crippen LogP contribution in [0.25, 0.3) is 0 Å². The highest BCUT2D eigenvalue weighted by Gasteiger charge is 2.58. The van der Waals surface area contributed by atoms with Gasteiger partial charge in [-0.2, -0.15) is 0 Å². The first-order valence-corrected chi connectivity index (χ1v) is 11.5. The molecule has 28 heavy (non-hydrogen) atoms. The Morgan fingerprint density at radius 3 is 2.64 bits per heavy atom. The van der Waals surface area contributed by atoms with Crippen LogP contribution in [0.2, 0.25) is 0 Å². The van der Waals surface area contributed by atoms with Crippen LogP contribution in [0.4, 0.5) is 0 Å². The van der Waals surface area contributed by atoms with E-state index in [-0.39, 0.29) is 29.4 Å². The molecule has 3 heterocycles. The van der Waals surface area contributed by atoms with Crippen molar-refractivity contribution in [2.75, 3.05) is 45.9 Å². The second-order valence-electron chi connectivity index (χ2n) is 9.80. The van der Waals surface area contributed by atoms with Crippen molar-refractivity contribution in [3.8, 4) is 0 Å². The standard InChI is InChI=1S/C22H40N4O.HI/c1-4-23-21(24-19-18-9-8-14-27-20(18)22(19,2)3)26-13-10-17(16-26)15-25-11-6-5-7-12-25;/h17-20H,4-16H2,1-3H3,(H,23,24);1H. The molecule has 5 nitrogen and oxygen atoms in total. The van der Waals surface area contributed by atoms with Crippen LogP contribution in [0, 0.1) is 17.3 Å². The number of ether oxygens (including phenoxy) is 1. The number of piperidine rings is 1. The Bertz CT molecular complexity index is 535. The predicted molar refractivity (Wildman–Crippen MR) is 127 cm³/mol. The minimum Gasteiger partial charge on any atom is -0.377 e. The molecule has 0 aromatic heterocycles. The summed E-state index contributed by atoms with van der Waals surface area (Å²) in [7, 11) is 0. The molecule has 1 saturated carbocycles. The van der Waals surface area contributed by atoms with Crippen LogP contribution in [-0.4, -0.2) is 73.8 Å². The van der Waals surface area contributed by atoms with Crippen LogP contribution in [0.15, 0.2) is 4.99 Å². The van der Waals surface area contributed by atoms with Gasteiger partial charge in [0.25, 0.3) is 0 Å². The normalized spacial score (nSPS) is 35.7. The summed E-state index contributed by atoms with van der Waals surface area (Å²) in [5.41, 5.74) is 0.201. The van der Waals surface area contributed by atoms with E-state index < -0.39 is 0 Å². The van der Waals surface area contributed by atoms with Crippen molar-refractivity contribution in [2.45, 2.75) is 71.4 Å². The number of nitrogens with zero attached hydrogens (tertiary/aromatic N) is 3. The molecule has 0 aromatic carbocycles. The van der Waals surface area contributed by atoms with Crippen LogP contribution in [-0.2, 0) is 4.74 Å². The quantitative estimate of drug-likeness (QED) is 0.361. The largest absolute Gasteiger partial charge is 0.377 e. The average Bonchev–Trinajstić information content (AvgIpc) is 3.14. The zero-order valence-electron chi connectivity index (χ0n) is 18.2. The first kappa shape index (κ1) is 22.6. The van der Waals surface area contributed by atoms with Gasteiger partial charge >= 0.3 is 0 Å². The fourth-order valence-electron chi connectivity index (χ4n) is 6.02. The zero-order chi connectivity index (χ0) is 18.9. The highest BCUT2D eigenvalue weighted by Crippen LogP contribution is 2.51. The van der Waals surface area contributed by atoms with Gasteiger partial charge in [-0.3, -0.25) is 4.99 Å². The van der Waals surface area contributed by atoms with Gasteiger partial charge in [0.05, 0.1) is 6.10 Å². The zero-order valence-corrected chi connectivity index (χ0v) is 20.5. The van der Waals surface area contributed by atoms with E-state index in [1.165, 1.54) is 64.7 Å². The van der Waals surface area contributed by atoms with Crippen molar-refractivity contribution >= 4 is 29.9 Å². The third-order valence-corrected chi connectivity index (χ3v) is 7.47. The third-order valence-electron chi connectivity index (χ3n) is 7.47. The molecule has 0 aromatic rings. The lowest BCUT2D eigenvalue weighted by atomic mass is 9.55.